The number of benzene rings is 1. The topological polar surface area (TPSA) is 70.2 Å². The van der Waals surface area contributed by atoms with Gasteiger partial charge in [-0.15, -0.1) is 0 Å². The second kappa shape index (κ2) is 4.90. The zero-order valence-electron chi connectivity index (χ0n) is 10.7. The Balaban J connectivity index is 1.75. The summed E-state index contributed by atoms with van der Waals surface area (Å²) in [5.41, 5.74) is 2.38. The number of hydrogen-bond acceptors (Lipinski definition) is 4. The van der Waals surface area contributed by atoms with E-state index < -0.39 is 4.92 Å². The lowest BCUT2D eigenvalue weighted by Gasteiger charge is -2.08. The Bertz CT molecular complexity index is 683. The van der Waals surface area contributed by atoms with Crippen molar-refractivity contribution in [2.45, 2.75) is 26.0 Å². The number of nitro groups is 1. The Hall–Kier alpha value is -1.89. The van der Waals surface area contributed by atoms with E-state index in [4.69, 9.17) is 4.74 Å². The van der Waals surface area contributed by atoms with Crippen LogP contribution in [0.5, 0.6) is 5.75 Å². The maximum absolute atomic E-state index is 10.8. The molecule has 0 bridgehead atoms. The number of ether oxygens (including phenoxy) is 1. The first-order chi connectivity index (χ1) is 9.52. The SMILES string of the molecule is Cc1ccc2c(c1)CC(Cn1cc(Br)c([N+](=O)[O-])n1)O2. The van der Waals surface area contributed by atoms with E-state index >= 15 is 0 Å². The minimum Gasteiger partial charge on any atom is -0.488 e. The van der Waals surface area contributed by atoms with Crippen LogP contribution >= 0.6 is 15.9 Å². The molecule has 1 aromatic heterocycles. The van der Waals surface area contributed by atoms with E-state index in [1.54, 1.807) is 10.9 Å². The summed E-state index contributed by atoms with van der Waals surface area (Å²) in [6, 6.07) is 6.08. The van der Waals surface area contributed by atoms with Crippen LogP contribution in [0.3, 0.4) is 0 Å². The average Bonchev–Trinajstić information content (AvgIpc) is 2.92. The smallest absolute Gasteiger partial charge is 0.404 e. The number of fused-ring (bicyclic) bond motifs is 1. The number of aryl methyl sites for hydroxylation is 1. The Kier molecular flexibility index (Phi) is 3.21. The van der Waals surface area contributed by atoms with Crippen LogP contribution < -0.4 is 4.74 Å². The molecule has 20 heavy (non-hydrogen) atoms. The van der Waals surface area contributed by atoms with E-state index in [0.717, 1.165) is 12.2 Å². The highest BCUT2D eigenvalue weighted by molar-refractivity contribution is 9.10. The van der Waals surface area contributed by atoms with Crippen molar-refractivity contribution in [2.75, 3.05) is 0 Å². The Morgan fingerprint density at radius 3 is 3.10 bits per heavy atom. The lowest BCUT2D eigenvalue weighted by molar-refractivity contribution is -0.390. The van der Waals surface area contributed by atoms with Crippen molar-refractivity contribution in [3.8, 4) is 5.75 Å². The van der Waals surface area contributed by atoms with Crippen molar-refractivity contribution in [2.24, 2.45) is 0 Å². The second-order valence-electron chi connectivity index (χ2n) is 4.83. The predicted octanol–water partition coefficient (Wildman–Crippen LogP) is 2.87. The monoisotopic (exact) mass is 337 g/mol. The molecule has 0 aliphatic carbocycles. The van der Waals surface area contributed by atoms with E-state index in [-0.39, 0.29) is 11.9 Å². The van der Waals surface area contributed by atoms with Crippen molar-refractivity contribution in [3.63, 3.8) is 0 Å². The number of halogens is 1. The Morgan fingerprint density at radius 2 is 2.40 bits per heavy atom. The maximum atomic E-state index is 10.8. The van der Waals surface area contributed by atoms with Gasteiger partial charge in [-0.3, -0.25) is 0 Å². The molecule has 1 aliphatic heterocycles. The largest absolute Gasteiger partial charge is 0.488 e. The van der Waals surface area contributed by atoms with Gasteiger partial charge in [0.2, 0.25) is 0 Å². The highest BCUT2D eigenvalue weighted by Gasteiger charge is 2.26. The minimum absolute atomic E-state index is 0.0433. The van der Waals surface area contributed by atoms with E-state index in [1.165, 1.54) is 11.1 Å². The fourth-order valence-corrected chi connectivity index (χ4v) is 2.82. The van der Waals surface area contributed by atoms with Gasteiger partial charge in [-0.05, 0) is 39.4 Å². The fourth-order valence-electron chi connectivity index (χ4n) is 2.36. The third-order valence-electron chi connectivity index (χ3n) is 3.22. The van der Waals surface area contributed by atoms with Crippen LogP contribution in [0, 0.1) is 17.0 Å². The third-order valence-corrected chi connectivity index (χ3v) is 3.78. The van der Waals surface area contributed by atoms with Gasteiger partial charge < -0.3 is 14.9 Å². The summed E-state index contributed by atoms with van der Waals surface area (Å²) < 4.78 is 7.76. The van der Waals surface area contributed by atoms with Gasteiger partial charge in [0, 0.05) is 6.42 Å². The minimum atomic E-state index is -0.506. The Morgan fingerprint density at radius 1 is 1.60 bits per heavy atom. The molecular weight excluding hydrogens is 326 g/mol. The number of rotatable bonds is 3. The molecule has 0 saturated carbocycles. The van der Waals surface area contributed by atoms with Crippen LogP contribution in [0.1, 0.15) is 11.1 Å². The van der Waals surface area contributed by atoms with Gasteiger partial charge in [-0.1, -0.05) is 17.7 Å². The van der Waals surface area contributed by atoms with Gasteiger partial charge in [0.15, 0.2) is 0 Å². The van der Waals surface area contributed by atoms with E-state index in [0.29, 0.717) is 11.0 Å². The summed E-state index contributed by atoms with van der Waals surface area (Å²) in [5.74, 6) is 0.720. The van der Waals surface area contributed by atoms with Crippen molar-refractivity contribution in [3.05, 3.63) is 50.1 Å². The molecular formula is C13H12BrN3O3. The standard InChI is InChI=1S/C13H12BrN3O3/c1-8-2-3-12-9(4-8)5-10(20-12)6-16-7-11(14)13(15-16)17(18)19/h2-4,7,10H,5-6H2,1H3. The second-order valence-corrected chi connectivity index (χ2v) is 5.69. The van der Waals surface area contributed by atoms with Gasteiger partial charge >= 0.3 is 5.82 Å². The lowest BCUT2D eigenvalue weighted by atomic mass is 10.1. The van der Waals surface area contributed by atoms with Crippen LogP contribution in [0.25, 0.3) is 0 Å². The zero-order chi connectivity index (χ0) is 14.3. The van der Waals surface area contributed by atoms with Gasteiger partial charge in [0.05, 0.1) is 17.8 Å². The molecule has 1 atom stereocenters. The molecule has 2 heterocycles. The number of nitrogens with zero attached hydrogens (tertiary/aromatic N) is 3. The van der Waals surface area contributed by atoms with Crippen LogP contribution in [-0.4, -0.2) is 20.8 Å². The summed E-state index contributed by atoms with van der Waals surface area (Å²) >= 11 is 3.14. The van der Waals surface area contributed by atoms with Crippen LogP contribution in [0.2, 0.25) is 0 Å². The highest BCUT2D eigenvalue weighted by atomic mass is 79.9. The normalized spacial score (nSPS) is 16.8. The lowest BCUT2D eigenvalue weighted by Crippen LogP contribution is -2.21. The first kappa shape index (κ1) is 13.1. The maximum Gasteiger partial charge on any atom is 0.404 e. The van der Waals surface area contributed by atoms with Crippen LogP contribution in [-0.2, 0) is 13.0 Å². The van der Waals surface area contributed by atoms with Crippen molar-refractivity contribution in [1.82, 2.24) is 9.78 Å². The third kappa shape index (κ3) is 2.40. The molecule has 0 spiro atoms. The molecule has 7 heteroatoms. The zero-order valence-corrected chi connectivity index (χ0v) is 12.3. The quantitative estimate of drug-likeness (QED) is 0.637. The van der Waals surface area contributed by atoms with E-state index in [1.807, 2.05) is 19.1 Å². The molecule has 0 N–H and O–H groups in total. The van der Waals surface area contributed by atoms with Gasteiger partial charge in [0.1, 0.15) is 16.3 Å². The molecule has 3 rings (SSSR count). The fraction of sp³-hybridized carbons (Fsp3) is 0.308. The molecule has 2 aromatic rings. The van der Waals surface area contributed by atoms with Gasteiger partial charge in [-0.25, -0.2) is 0 Å². The molecule has 0 saturated heterocycles. The van der Waals surface area contributed by atoms with Gasteiger partial charge in [-0.2, -0.15) is 4.68 Å². The van der Waals surface area contributed by atoms with Crippen LogP contribution in [0.4, 0.5) is 5.82 Å². The molecule has 0 amide bonds. The molecule has 1 unspecified atom stereocenters. The molecule has 0 fully saturated rings. The van der Waals surface area contributed by atoms with Gasteiger partial charge in [0.25, 0.3) is 0 Å². The molecule has 1 aromatic carbocycles. The van der Waals surface area contributed by atoms with E-state index in [2.05, 4.69) is 27.1 Å². The summed E-state index contributed by atoms with van der Waals surface area (Å²) in [4.78, 5) is 10.3. The first-order valence-corrected chi connectivity index (χ1v) is 6.96. The molecule has 104 valence electrons. The number of hydrogen-bond donors (Lipinski definition) is 0. The van der Waals surface area contributed by atoms with Crippen molar-refractivity contribution < 1.29 is 9.66 Å². The highest BCUT2D eigenvalue weighted by Crippen LogP contribution is 2.30. The summed E-state index contributed by atoms with van der Waals surface area (Å²) in [7, 11) is 0. The summed E-state index contributed by atoms with van der Waals surface area (Å²) in [5, 5.41) is 14.7. The van der Waals surface area contributed by atoms with Crippen molar-refractivity contribution in [1.29, 1.82) is 0 Å². The summed E-state index contributed by atoms with van der Waals surface area (Å²) in [6.45, 7) is 2.53. The molecule has 0 radical (unpaired) electrons. The summed E-state index contributed by atoms with van der Waals surface area (Å²) in [6.07, 6.45) is 2.36. The Labute approximate surface area is 123 Å². The first-order valence-electron chi connectivity index (χ1n) is 6.16. The molecule has 6 nitrogen and oxygen atoms in total. The van der Waals surface area contributed by atoms with Crippen molar-refractivity contribution >= 4 is 21.7 Å². The van der Waals surface area contributed by atoms with E-state index in [9.17, 15) is 10.1 Å². The number of aromatic nitrogens is 2. The van der Waals surface area contributed by atoms with Crippen LogP contribution in [0.15, 0.2) is 28.9 Å². The predicted molar refractivity (Wildman–Crippen MR) is 75.9 cm³/mol. The molecule has 1 aliphatic rings. The average molecular weight is 338 g/mol.